The first-order valence-electron chi connectivity index (χ1n) is 12.4. The summed E-state index contributed by atoms with van der Waals surface area (Å²) in [5.41, 5.74) is 1.73. The lowest BCUT2D eigenvalue weighted by atomic mass is 10.1. The van der Waals surface area contributed by atoms with Gasteiger partial charge < -0.3 is 25.1 Å². The molecule has 2 heterocycles. The van der Waals surface area contributed by atoms with Crippen LogP contribution in [0.4, 0.5) is 16.4 Å². The topological polar surface area (TPSA) is 127 Å². The van der Waals surface area contributed by atoms with Gasteiger partial charge in [-0.3, -0.25) is 14.4 Å². The van der Waals surface area contributed by atoms with Crippen LogP contribution in [0.2, 0.25) is 0 Å². The molecule has 9 nitrogen and oxygen atoms in total. The van der Waals surface area contributed by atoms with E-state index in [1.165, 1.54) is 18.0 Å². The number of nitrogens with one attached hydrogen (secondary N) is 3. The molecule has 0 bridgehead atoms. The molecule has 4 rings (SSSR count). The fourth-order valence-electron chi connectivity index (χ4n) is 3.70. The van der Waals surface area contributed by atoms with Gasteiger partial charge >= 0.3 is 5.97 Å². The van der Waals surface area contributed by atoms with Crippen LogP contribution in [-0.4, -0.2) is 35.5 Å². The van der Waals surface area contributed by atoms with Crippen molar-refractivity contribution in [2.75, 3.05) is 22.6 Å². The molecular formula is C29H27N3O6S2. The Bertz CT molecular complexity index is 1520. The summed E-state index contributed by atoms with van der Waals surface area (Å²) in [5, 5.41) is 8.05. The van der Waals surface area contributed by atoms with E-state index in [4.69, 9.17) is 9.15 Å². The van der Waals surface area contributed by atoms with E-state index in [0.29, 0.717) is 21.8 Å². The summed E-state index contributed by atoms with van der Waals surface area (Å²) in [7, 11) is 0. The maximum Gasteiger partial charge on any atom is 0.341 e. The third kappa shape index (κ3) is 6.99. The first kappa shape index (κ1) is 28.7. The summed E-state index contributed by atoms with van der Waals surface area (Å²) in [5.74, 6) is -1.58. The molecule has 0 radical (unpaired) electrons. The lowest BCUT2D eigenvalue weighted by molar-refractivity contribution is -0.115. The Morgan fingerprint density at radius 1 is 0.925 bits per heavy atom. The number of carbonyl (C=O) groups excluding carboxylic acids is 4. The molecule has 0 saturated heterocycles. The number of carbonyl (C=O) groups is 4. The molecule has 40 heavy (non-hydrogen) atoms. The first-order valence-corrected chi connectivity index (χ1v) is 14.1. The van der Waals surface area contributed by atoms with Crippen molar-refractivity contribution in [3.63, 3.8) is 0 Å². The SMILES string of the molecule is CCOC(=O)c1c(NC(=O)C(C)Sc2cccc(NC(=O)c3ccco3)c2)sc(C(=O)Nc2ccccc2)c1C. The van der Waals surface area contributed by atoms with Crippen LogP contribution in [-0.2, 0) is 9.53 Å². The maximum atomic E-state index is 13.2. The van der Waals surface area contributed by atoms with Crippen molar-refractivity contribution in [2.45, 2.75) is 30.9 Å². The highest BCUT2D eigenvalue weighted by Gasteiger charge is 2.28. The number of ether oxygens (including phenoxy) is 1. The molecule has 0 aliphatic heterocycles. The zero-order valence-corrected chi connectivity index (χ0v) is 23.6. The molecule has 2 aromatic heterocycles. The van der Waals surface area contributed by atoms with E-state index < -0.39 is 17.1 Å². The molecule has 3 N–H and O–H groups in total. The predicted octanol–water partition coefficient (Wildman–Crippen LogP) is 6.45. The van der Waals surface area contributed by atoms with Crippen molar-refractivity contribution < 1.29 is 28.3 Å². The molecule has 11 heteroatoms. The minimum Gasteiger partial charge on any atom is -0.462 e. The van der Waals surface area contributed by atoms with Crippen molar-refractivity contribution in [2.24, 2.45) is 0 Å². The Hall–Kier alpha value is -4.35. The molecule has 3 amide bonds. The van der Waals surface area contributed by atoms with Gasteiger partial charge in [-0.2, -0.15) is 0 Å². The van der Waals surface area contributed by atoms with Crippen LogP contribution in [0.25, 0.3) is 0 Å². The van der Waals surface area contributed by atoms with Gasteiger partial charge in [-0.15, -0.1) is 23.1 Å². The standard InChI is InChI=1S/C29H27N3O6S2/c1-4-37-29(36)23-17(2)24(27(35)30-19-10-6-5-7-11-19)40-28(23)32-25(33)18(3)39-21-13-8-12-20(16-21)31-26(34)22-14-9-15-38-22/h5-16,18H,4H2,1-3H3,(H,30,35)(H,31,34)(H,32,33). The fraction of sp³-hybridized carbons (Fsp3) is 0.172. The Labute approximate surface area is 239 Å². The summed E-state index contributed by atoms with van der Waals surface area (Å²) in [4.78, 5) is 52.3. The zero-order valence-electron chi connectivity index (χ0n) is 22.0. The Kier molecular flexibility index (Phi) is 9.41. The van der Waals surface area contributed by atoms with Gasteiger partial charge in [-0.25, -0.2) is 4.79 Å². The first-order chi connectivity index (χ1) is 19.3. The number of amides is 3. The minimum absolute atomic E-state index is 0.145. The normalized spacial score (nSPS) is 11.4. The summed E-state index contributed by atoms with van der Waals surface area (Å²) < 4.78 is 10.3. The van der Waals surface area contributed by atoms with Gasteiger partial charge in [0.25, 0.3) is 11.8 Å². The highest BCUT2D eigenvalue weighted by Crippen LogP contribution is 2.35. The molecule has 0 aliphatic rings. The fourth-order valence-corrected chi connectivity index (χ4v) is 5.71. The highest BCUT2D eigenvalue weighted by molar-refractivity contribution is 8.00. The lowest BCUT2D eigenvalue weighted by Crippen LogP contribution is -2.23. The van der Waals surface area contributed by atoms with Crippen molar-refractivity contribution >= 4 is 63.2 Å². The molecule has 206 valence electrons. The third-order valence-corrected chi connectivity index (χ3v) is 7.92. The van der Waals surface area contributed by atoms with Crippen LogP contribution in [0.1, 0.15) is 50.0 Å². The Morgan fingerprint density at radius 3 is 2.35 bits per heavy atom. The number of thiophene rings is 1. The van der Waals surface area contributed by atoms with Crippen molar-refractivity contribution in [1.82, 2.24) is 0 Å². The summed E-state index contributed by atoms with van der Waals surface area (Å²) in [6, 6.07) is 19.2. The number of benzene rings is 2. The maximum absolute atomic E-state index is 13.2. The monoisotopic (exact) mass is 577 g/mol. The molecule has 0 aliphatic carbocycles. The van der Waals surface area contributed by atoms with Gasteiger partial charge in [0.15, 0.2) is 5.76 Å². The average molecular weight is 578 g/mol. The summed E-state index contributed by atoms with van der Waals surface area (Å²) in [6.45, 7) is 5.21. The molecule has 0 spiro atoms. The number of anilines is 3. The number of hydrogen-bond donors (Lipinski definition) is 3. The lowest BCUT2D eigenvalue weighted by Gasteiger charge is -2.13. The Morgan fingerprint density at radius 2 is 1.65 bits per heavy atom. The number of esters is 1. The molecule has 1 unspecified atom stereocenters. The molecule has 2 aromatic carbocycles. The second-order valence-corrected chi connectivity index (χ2v) is 10.9. The molecule has 4 aromatic rings. The minimum atomic E-state index is -0.620. The second kappa shape index (κ2) is 13.1. The summed E-state index contributed by atoms with van der Waals surface area (Å²) >= 11 is 2.29. The van der Waals surface area contributed by atoms with E-state index in [0.717, 1.165) is 16.2 Å². The van der Waals surface area contributed by atoms with Crippen LogP contribution in [0, 0.1) is 6.92 Å². The number of rotatable bonds is 10. The van der Waals surface area contributed by atoms with Gasteiger partial charge in [0, 0.05) is 16.3 Å². The van der Waals surface area contributed by atoms with Crippen molar-refractivity contribution in [3.8, 4) is 0 Å². The number of furan rings is 1. The van der Waals surface area contributed by atoms with Gasteiger partial charge in [0.1, 0.15) is 5.00 Å². The molecule has 1 atom stereocenters. The van der Waals surface area contributed by atoms with E-state index in [-0.39, 0.29) is 34.7 Å². The van der Waals surface area contributed by atoms with Crippen LogP contribution < -0.4 is 16.0 Å². The van der Waals surface area contributed by atoms with E-state index >= 15 is 0 Å². The summed E-state index contributed by atoms with van der Waals surface area (Å²) in [6.07, 6.45) is 1.42. The molecule has 0 saturated carbocycles. The van der Waals surface area contributed by atoms with Crippen LogP contribution in [0.5, 0.6) is 0 Å². The molecule has 0 fully saturated rings. The third-order valence-electron chi connectivity index (χ3n) is 5.62. The van der Waals surface area contributed by atoms with Crippen molar-refractivity contribution in [1.29, 1.82) is 0 Å². The molecular weight excluding hydrogens is 550 g/mol. The smallest absolute Gasteiger partial charge is 0.341 e. The van der Waals surface area contributed by atoms with Crippen LogP contribution in [0.3, 0.4) is 0 Å². The number of hydrogen-bond acceptors (Lipinski definition) is 8. The van der Waals surface area contributed by atoms with E-state index in [1.54, 1.807) is 75.4 Å². The van der Waals surface area contributed by atoms with Gasteiger partial charge in [0.05, 0.1) is 28.6 Å². The Balaban J connectivity index is 1.49. The largest absolute Gasteiger partial charge is 0.462 e. The van der Waals surface area contributed by atoms with Gasteiger partial charge in [0.2, 0.25) is 5.91 Å². The van der Waals surface area contributed by atoms with Crippen molar-refractivity contribution in [3.05, 3.63) is 94.8 Å². The second-order valence-electron chi connectivity index (χ2n) is 8.51. The average Bonchev–Trinajstić information content (AvgIpc) is 3.58. The van der Waals surface area contributed by atoms with E-state index in [2.05, 4.69) is 16.0 Å². The van der Waals surface area contributed by atoms with Crippen LogP contribution in [0.15, 0.2) is 82.3 Å². The van der Waals surface area contributed by atoms with E-state index in [9.17, 15) is 19.2 Å². The van der Waals surface area contributed by atoms with E-state index in [1.807, 2.05) is 12.1 Å². The quantitative estimate of drug-likeness (QED) is 0.146. The number of thioether (sulfide) groups is 1. The zero-order chi connectivity index (χ0) is 28.6. The van der Waals surface area contributed by atoms with Gasteiger partial charge in [-0.05, 0) is 68.8 Å². The number of para-hydroxylation sites is 1. The highest BCUT2D eigenvalue weighted by atomic mass is 32.2. The van der Waals surface area contributed by atoms with Gasteiger partial charge in [-0.1, -0.05) is 24.3 Å². The predicted molar refractivity (Wildman–Crippen MR) is 156 cm³/mol. The van der Waals surface area contributed by atoms with Crippen LogP contribution >= 0.6 is 23.1 Å².